The van der Waals surface area contributed by atoms with E-state index in [1.54, 1.807) is 11.3 Å². The molecule has 1 heterocycles. The van der Waals surface area contributed by atoms with Crippen LogP contribution in [0.15, 0.2) is 47.3 Å². The predicted molar refractivity (Wildman–Crippen MR) is 78.2 cm³/mol. The average Bonchev–Trinajstić information content (AvgIpc) is 2.38. The Morgan fingerprint density at radius 3 is 2.59 bits per heavy atom. The minimum absolute atomic E-state index is 0.136. The van der Waals surface area contributed by atoms with Crippen LogP contribution in [-0.2, 0) is 5.33 Å². The second kappa shape index (κ2) is 4.24. The lowest BCUT2D eigenvalue weighted by molar-refractivity contribution is 1.51. The van der Waals surface area contributed by atoms with Crippen LogP contribution in [0.5, 0.6) is 0 Å². The molecule has 17 heavy (non-hydrogen) atoms. The molecule has 3 heteroatoms. The zero-order valence-corrected chi connectivity index (χ0v) is 11.3. The van der Waals surface area contributed by atoms with Crippen LogP contribution in [-0.4, -0.2) is 0 Å². The van der Waals surface area contributed by atoms with Gasteiger partial charge in [-0.1, -0.05) is 40.2 Å². The largest absolute Gasteiger partial charge is 0.289 e. The fraction of sp³-hybridized carbons (Fsp3) is 0.0714. The van der Waals surface area contributed by atoms with Crippen molar-refractivity contribution in [1.82, 2.24) is 0 Å². The molecule has 3 rings (SSSR count). The molecule has 0 saturated carbocycles. The van der Waals surface area contributed by atoms with Gasteiger partial charge in [0.25, 0.3) is 0 Å². The van der Waals surface area contributed by atoms with E-state index in [0.717, 1.165) is 25.5 Å². The second-order valence-electron chi connectivity index (χ2n) is 3.85. The maximum atomic E-state index is 12.3. The molecule has 0 bridgehead atoms. The van der Waals surface area contributed by atoms with Gasteiger partial charge in [0.2, 0.25) is 0 Å². The molecule has 1 aromatic heterocycles. The van der Waals surface area contributed by atoms with Gasteiger partial charge in [-0.25, -0.2) is 0 Å². The maximum Gasteiger partial charge on any atom is 0.195 e. The van der Waals surface area contributed by atoms with Crippen molar-refractivity contribution >= 4 is 47.4 Å². The van der Waals surface area contributed by atoms with Gasteiger partial charge in [0.15, 0.2) is 5.43 Å². The molecule has 0 aliphatic heterocycles. The van der Waals surface area contributed by atoms with Gasteiger partial charge in [-0.15, -0.1) is 11.3 Å². The summed E-state index contributed by atoms with van der Waals surface area (Å²) in [5.74, 6) is 0. The van der Waals surface area contributed by atoms with Crippen LogP contribution in [0, 0.1) is 0 Å². The summed E-state index contributed by atoms with van der Waals surface area (Å²) in [4.78, 5) is 12.3. The summed E-state index contributed by atoms with van der Waals surface area (Å²) in [7, 11) is 0. The Bertz CT molecular complexity index is 761. The molecule has 0 spiro atoms. The molecular formula is C14H9BrOS. The van der Waals surface area contributed by atoms with E-state index in [1.165, 1.54) is 5.56 Å². The minimum Gasteiger partial charge on any atom is -0.289 e. The van der Waals surface area contributed by atoms with Gasteiger partial charge in [-0.3, -0.25) is 4.79 Å². The van der Waals surface area contributed by atoms with Crippen LogP contribution in [0.25, 0.3) is 20.2 Å². The van der Waals surface area contributed by atoms with E-state index in [0.29, 0.717) is 0 Å². The van der Waals surface area contributed by atoms with Crippen LogP contribution < -0.4 is 5.43 Å². The molecule has 2 aromatic carbocycles. The lowest BCUT2D eigenvalue weighted by atomic mass is 10.1. The first-order valence-electron chi connectivity index (χ1n) is 5.30. The number of fused-ring (bicyclic) bond motifs is 2. The van der Waals surface area contributed by atoms with E-state index in [1.807, 2.05) is 36.4 Å². The number of rotatable bonds is 1. The number of alkyl halides is 1. The number of halogens is 1. The summed E-state index contributed by atoms with van der Waals surface area (Å²) in [5.41, 5.74) is 1.31. The Hall–Kier alpha value is -1.19. The summed E-state index contributed by atoms with van der Waals surface area (Å²) in [5, 5.41) is 2.42. The maximum absolute atomic E-state index is 12.3. The molecule has 3 aromatic rings. The Morgan fingerprint density at radius 2 is 1.76 bits per heavy atom. The molecule has 0 N–H and O–H groups in total. The first-order valence-corrected chi connectivity index (χ1v) is 7.24. The molecule has 0 aliphatic rings. The third kappa shape index (κ3) is 1.70. The highest BCUT2D eigenvalue weighted by atomic mass is 79.9. The van der Waals surface area contributed by atoms with E-state index in [-0.39, 0.29) is 5.43 Å². The zero-order chi connectivity index (χ0) is 11.8. The Morgan fingerprint density at radius 1 is 1.00 bits per heavy atom. The van der Waals surface area contributed by atoms with Crippen molar-refractivity contribution in [1.29, 1.82) is 0 Å². The van der Waals surface area contributed by atoms with Crippen molar-refractivity contribution in [2.45, 2.75) is 5.33 Å². The Balaban J connectivity index is 2.59. The highest BCUT2D eigenvalue weighted by Gasteiger charge is 2.07. The van der Waals surface area contributed by atoms with Gasteiger partial charge in [0.1, 0.15) is 0 Å². The highest BCUT2D eigenvalue weighted by Crippen LogP contribution is 2.28. The van der Waals surface area contributed by atoms with E-state index in [9.17, 15) is 4.79 Å². The lowest BCUT2D eigenvalue weighted by Crippen LogP contribution is -2.01. The first kappa shape index (κ1) is 10.9. The van der Waals surface area contributed by atoms with Crippen LogP contribution in [0.1, 0.15) is 5.56 Å². The second-order valence-corrected chi connectivity index (χ2v) is 5.47. The molecule has 0 aliphatic carbocycles. The fourth-order valence-electron chi connectivity index (χ4n) is 1.99. The number of hydrogen-bond acceptors (Lipinski definition) is 2. The Labute approximate surface area is 111 Å². The fourth-order valence-corrected chi connectivity index (χ4v) is 3.82. The third-order valence-electron chi connectivity index (χ3n) is 2.83. The van der Waals surface area contributed by atoms with Gasteiger partial charge >= 0.3 is 0 Å². The van der Waals surface area contributed by atoms with E-state index < -0.39 is 0 Å². The lowest BCUT2D eigenvalue weighted by Gasteiger charge is -2.04. The SMILES string of the molecule is O=c1c2ccccc2sc2c(CBr)cccc12. The summed E-state index contributed by atoms with van der Waals surface area (Å²) in [6.45, 7) is 0. The van der Waals surface area contributed by atoms with E-state index in [4.69, 9.17) is 0 Å². The topological polar surface area (TPSA) is 17.1 Å². The molecule has 84 valence electrons. The third-order valence-corrected chi connectivity index (χ3v) is 4.70. The summed E-state index contributed by atoms with van der Waals surface area (Å²) >= 11 is 5.16. The first-order chi connectivity index (χ1) is 8.31. The molecule has 1 nitrogen and oxygen atoms in total. The van der Waals surface area contributed by atoms with Crippen LogP contribution in [0.3, 0.4) is 0 Å². The molecule has 0 amide bonds. The molecule has 0 fully saturated rings. The van der Waals surface area contributed by atoms with Crippen molar-refractivity contribution < 1.29 is 0 Å². The average molecular weight is 305 g/mol. The van der Waals surface area contributed by atoms with E-state index in [2.05, 4.69) is 22.0 Å². The van der Waals surface area contributed by atoms with Gasteiger partial charge in [0, 0.05) is 25.5 Å². The molecule has 0 unspecified atom stereocenters. The van der Waals surface area contributed by atoms with Crippen molar-refractivity contribution in [3.05, 3.63) is 58.3 Å². The van der Waals surface area contributed by atoms with Crippen molar-refractivity contribution in [3.8, 4) is 0 Å². The van der Waals surface area contributed by atoms with Crippen LogP contribution >= 0.6 is 27.3 Å². The number of benzene rings is 2. The Kier molecular flexibility index (Phi) is 2.73. The van der Waals surface area contributed by atoms with E-state index >= 15 is 0 Å². The van der Waals surface area contributed by atoms with Crippen molar-refractivity contribution in [2.24, 2.45) is 0 Å². The predicted octanol–water partition coefficient (Wildman–Crippen LogP) is 4.31. The smallest absolute Gasteiger partial charge is 0.195 e. The van der Waals surface area contributed by atoms with Crippen molar-refractivity contribution in [3.63, 3.8) is 0 Å². The van der Waals surface area contributed by atoms with Gasteiger partial charge < -0.3 is 0 Å². The summed E-state index contributed by atoms with van der Waals surface area (Å²) in [6, 6.07) is 13.7. The highest BCUT2D eigenvalue weighted by molar-refractivity contribution is 9.08. The van der Waals surface area contributed by atoms with Gasteiger partial charge in [-0.05, 0) is 23.8 Å². The summed E-state index contributed by atoms with van der Waals surface area (Å²) in [6.07, 6.45) is 0. The van der Waals surface area contributed by atoms with Crippen LogP contribution in [0.2, 0.25) is 0 Å². The number of hydrogen-bond donors (Lipinski definition) is 0. The summed E-state index contributed by atoms with van der Waals surface area (Å²) < 4.78 is 2.14. The monoisotopic (exact) mass is 304 g/mol. The minimum atomic E-state index is 0.136. The van der Waals surface area contributed by atoms with Gasteiger partial charge in [0.05, 0.1) is 0 Å². The van der Waals surface area contributed by atoms with Crippen LogP contribution in [0.4, 0.5) is 0 Å². The van der Waals surface area contributed by atoms with Crippen molar-refractivity contribution in [2.75, 3.05) is 0 Å². The zero-order valence-electron chi connectivity index (χ0n) is 8.94. The van der Waals surface area contributed by atoms with Gasteiger partial charge in [-0.2, -0.15) is 0 Å². The molecular weight excluding hydrogens is 296 g/mol. The molecule has 0 atom stereocenters. The molecule has 0 radical (unpaired) electrons. The molecule has 0 saturated heterocycles. The quantitative estimate of drug-likeness (QED) is 0.483. The standard InChI is InChI=1S/C14H9BrOS/c15-8-9-4-3-6-11-13(16)10-5-1-2-7-12(10)17-14(9)11/h1-7H,8H2. The normalized spacial score (nSPS) is 11.1.